The monoisotopic (exact) mass is 905 g/mol. The van der Waals surface area contributed by atoms with Crippen LogP contribution < -0.4 is 20.3 Å². The molecule has 16 heteroatoms. The number of likely N-dealkylation sites (tertiary alicyclic amines) is 1. The number of halogens is 2. The fourth-order valence-electron chi connectivity index (χ4n) is 8.59. The van der Waals surface area contributed by atoms with Crippen molar-refractivity contribution in [1.29, 1.82) is 0 Å². The average Bonchev–Trinajstić information content (AvgIpc) is 3.28. The Labute approximate surface area is 382 Å². The van der Waals surface area contributed by atoms with Gasteiger partial charge in [0, 0.05) is 94.7 Å². The van der Waals surface area contributed by atoms with Crippen molar-refractivity contribution in [1.82, 2.24) is 30.2 Å². The number of carbonyl (C=O) groups is 4. The molecular formula is C48H65ClFN7O7. The first kappa shape index (κ1) is 48.3. The highest BCUT2D eigenvalue weighted by atomic mass is 35.5. The van der Waals surface area contributed by atoms with Crippen molar-refractivity contribution >= 4 is 41.3 Å². The van der Waals surface area contributed by atoms with E-state index in [0.29, 0.717) is 94.7 Å². The first-order valence-electron chi connectivity index (χ1n) is 22.6. The van der Waals surface area contributed by atoms with E-state index in [-0.39, 0.29) is 43.1 Å². The van der Waals surface area contributed by atoms with Crippen molar-refractivity contribution in [3.8, 4) is 5.75 Å². The van der Waals surface area contributed by atoms with E-state index >= 15 is 0 Å². The quantitative estimate of drug-likeness (QED) is 0.168. The molecule has 348 valence electrons. The number of ether oxygens (including phenoxy) is 3. The molecule has 0 radical (unpaired) electrons. The molecule has 0 spiro atoms. The summed E-state index contributed by atoms with van der Waals surface area (Å²) in [5, 5.41) is 6.30. The Kier molecular flexibility index (Phi) is 17.5. The molecule has 0 bridgehead atoms. The zero-order chi connectivity index (χ0) is 45.6. The van der Waals surface area contributed by atoms with Gasteiger partial charge in [-0.3, -0.25) is 14.5 Å². The third kappa shape index (κ3) is 14.2. The Morgan fingerprint density at radius 3 is 2.22 bits per heavy atom. The van der Waals surface area contributed by atoms with Crippen LogP contribution in [-0.4, -0.2) is 140 Å². The number of hydrogen-bond donors (Lipinski definition) is 2. The molecule has 3 aliphatic heterocycles. The van der Waals surface area contributed by atoms with Crippen molar-refractivity contribution in [3.05, 3.63) is 94.3 Å². The van der Waals surface area contributed by atoms with E-state index < -0.39 is 23.8 Å². The normalized spacial score (nSPS) is 17.1. The third-order valence-corrected chi connectivity index (χ3v) is 12.3. The summed E-state index contributed by atoms with van der Waals surface area (Å²) in [7, 11) is 0. The molecule has 1 atom stereocenters. The summed E-state index contributed by atoms with van der Waals surface area (Å²) in [4.78, 5) is 63.0. The zero-order valence-electron chi connectivity index (χ0n) is 37.8. The van der Waals surface area contributed by atoms with Crippen LogP contribution in [0.15, 0.2) is 66.7 Å². The second-order valence-electron chi connectivity index (χ2n) is 17.7. The van der Waals surface area contributed by atoms with E-state index in [1.54, 1.807) is 32.9 Å². The van der Waals surface area contributed by atoms with Crippen LogP contribution in [0.1, 0.15) is 63.6 Å². The Hall–Kier alpha value is -5.12. The van der Waals surface area contributed by atoms with Gasteiger partial charge in [0.05, 0.1) is 6.61 Å². The lowest BCUT2D eigenvalue weighted by Crippen LogP contribution is -2.58. The van der Waals surface area contributed by atoms with Gasteiger partial charge in [0.1, 0.15) is 29.8 Å². The standard InChI is InChI=1S/C48H65ClFN7O7/c1-5-62-42-13-9-12-40(50)39(42)33-54-24-26-57(27-25-54)45(59)44(52-47(61)63-34-35-10-7-6-8-11-35)36-17-21-53(22-18-36)23-19-37-32-38(49)14-15-41(37)55-28-30-56(31-29-55)43(58)16-20-51-46(60)64-48(2,3)4/h6-15,32,36,44H,5,16-31,33-34H2,1-4H3,(H,51,60)(H,52,61)/t44-/m1/s1. The minimum Gasteiger partial charge on any atom is -0.493 e. The number of nitrogens with one attached hydrogen (secondary N) is 2. The molecule has 6 rings (SSSR count). The van der Waals surface area contributed by atoms with Crippen LogP contribution in [0.5, 0.6) is 5.75 Å². The molecule has 4 amide bonds. The lowest BCUT2D eigenvalue weighted by molar-refractivity contribution is -0.137. The van der Waals surface area contributed by atoms with E-state index in [4.69, 9.17) is 25.8 Å². The second-order valence-corrected chi connectivity index (χ2v) is 18.1. The Morgan fingerprint density at radius 1 is 0.828 bits per heavy atom. The largest absolute Gasteiger partial charge is 0.493 e. The van der Waals surface area contributed by atoms with Gasteiger partial charge < -0.3 is 44.4 Å². The van der Waals surface area contributed by atoms with Gasteiger partial charge >= 0.3 is 12.2 Å². The molecule has 3 heterocycles. The van der Waals surface area contributed by atoms with E-state index in [1.165, 1.54) is 6.07 Å². The molecule has 3 aliphatic rings. The van der Waals surface area contributed by atoms with Gasteiger partial charge in [-0.25, -0.2) is 14.0 Å². The predicted octanol–water partition coefficient (Wildman–Crippen LogP) is 6.34. The Balaban J connectivity index is 1.01. The molecule has 0 aliphatic carbocycles. The SMILES string of the molecule is CCOc1cccc(F)c1CN1CCN(C(=O)[C@H](NC(=O)OCc2ccccc2)C2CCN(CCc3cc(Cl)ccc3N3CCN(C(=O)CCNC(=O)OC(C)(C)C)CC3)CC2)CC1. The molecule has 2 N–H and O–H groups in total. The van der Waals surface area contributed by atoms with Gasteiger partial charge in [-0.05, 0) is 107 Å². The van der Waals surface area contributed by atoms with E-state index in [1.807, 2.05) is 59.2 Å². The lowest BCUT2D eigenvalue weighted by Gasteiger charge is -2.40. The van der Waals surface area contributed by atoms with Crippen molar-refractivity contribution in [2.75, 3.05) is 90.0 Å². The third-order valence-electron chi connectivity index (χ3n) is 12.0. The molecule has 0 saturated carbocycles. The van der Waals surface area contributed by atoms with Gasteiger partial charge in [-0.2, -0.15) is 0 Å². The van der Waals surface area contributed by atoms with E-state index in [0.717, 1.165) is 42.9 Å². The first-order valence-corrected chi connectivity index (χ1v) is 23.0. The zero-order valence-corrected chi connectivity index (χ0v) is 38.5. The topological polar surface area (TPSA) is 136 Å². The van der Waals surface area contributed by atoms with Crippen molar-refractivity contribution in [2.24, 2.45) is 5.92 Å². The van der Waals surface area contributed by atoms with E-state index in [9.17, 15) is 23.6 Å². The second kappa shape index (κ2) is 23.2. The average molecular weight is 907 g/mol. The van der Waals surface area contributed by atoms with Gasteiger partial charge in [-0.15, -0.1) is 0 Å². The molecule has 0 unspecified atom stereocenters. The van der Waals surface area contributed by atoms with Crippen molar-refractivity contribution < 1.29 is 37.8 Å². The summed E-state index contributed by atoms with van der Waals surface area (Å²) in [5.74, 6) is 0.00131. The van der Waals surface area contributed by atoms with Crippen LogP contribution in [0, 0.1) is 11.7 Å². The maximum absolute atomic E-state index is 14.9. The maximum Gasteiger partial charge on any atom is 0.408 e. The summed E-state index contributed by atoms with van der Waals surface area (Å²) < 4.78 is 31.4. The van der Waals surface area contributed by atoms with Crippen molar-refractivity contribution in [3.63, 3.8) is 0 Å². The minimum atomic E-state index is -0.751. The highest BCUT2D eigenvalue weighted by Crippen LogP contribution is 2.29. The van der Waals surface area contributed by atoms with Gasteiger partial charge in [0.25, 0.3) is 0 Å². The smallest absolute Gasteiger partial charge is 0.408 e. The molecule has 0 aromatic heterocycles. The maximum atomic E-state index is 14.9. The summed E-state index contributed by atoms with van der Waals surface area (Å²) in [6.45, 7) is 15.2. The summed E-state index contributed by atoms with van der Waals surface area (Å²) in [6, 6.07) is 19.6. The fourth-order valence-corrected chi connectivity index (χ4v) is 8.79. The molecule has 64 heavy (non-hydrogen) atoms. The van der Waals surface area contributed by atoms with Crippen LogP contribution in [-0.2, 0) is 38.6 Å². The predicted molar refractivity (Wildman–Crippen MR) is 245 cm³/mol. The highest BCUT2D eigenvalue weighted by Gasteiger charge is 2.37. The molecular weight excluding hydrogens is 841 g/mol. The number of rotatable bonds is 16. The van der Waals surface area contributed by atoms with Crippen LogP contribution in [0.4, 0.5) is 19.7 Å². The van der Waals surface area contributed by atoms with Gasteiger partial charge in [0.15, 0.2) is 0 Å². The minimum absolute atomic E-state index is 0.00498. The van der Waals surface area contributed by atoms with Crippen LogP contribution in [0.3, 0.4) is 0 Å². The van der Waals surface area contributed by atoms with Crippen molar-refractivity contribution in [2.45, 2.75) is 78.2 Å². The molecule has 14 nitrogen and oxygen atoms in total. The van der Waals surface area contributed by atoms with E-state index in [2.05, 4.69) is 31.4 Å². The highest BCUT2D eigenvalue weighted by molar-refractivity contribution is 6.30. The number of alkyl carbamates (subject to hydrolysis) is 2. The first-order chi connectivity index (χ1) is 30.8. The summed E-state index contributed by atoms with van der Waals surface area (Å²) in [5.41, 5.74) is 3.00. The Morgan fingerprint density at radius 2 is 1.53 bits per heavy atom. The molecule has 3 saturated heterocycles. The number of nitrogens with zero attached hydrogens (tertiary/aromatic N) is 5. The van der Waals surface area contributed by atoms with Crippen LogP contribution in [0.2, 0.25) is 5.02 Å². The number of amides is 4. The number of carbonyl (C=O) groups excluding carboxylic acids is 4. The molecule has 3 aromatic rings. The summed E-state index contributed by atoms with van der Waals surface area (Å²) >= 11 is 6.54. The van der Waals surface area contributed by atoms with Crippen LogP contribution in [0.25, 0.3) is 0 Å². The molecule has 3 fully saturated rings. The number of piperidine rings is 1. The number of piperazine rings is 2. The Bertz CT molecular complexity index is 2010. The number of anilines is 1. The fraction of sp³-hybridized carbons (Fsp3) is 0.542. The number of benzene rings is 3. The number of hydrogen-bond acceptors (Lipinski definition) is 10. The summed E-state index contributed by atoms with van der Waals surface area (Å²) in [6.07, 6.45) is 1.25. The molecule has 3 aromatic carbocycles. The lowest BCUT2D eigenvalue weighted by atomic mass is 9.88. The van der Waals surface area contributed by atoms with Crippen LogP contribution >= 0.6 is 11.6 Å². The van der Waals surface area contributed by atoms with Gasteiger partial charge in [-0.1, -0.05) is 48.0 Å². The van der Waals surface area contributed by atoms with Gasteiger partial charge in [0.2, 0.25) is 11.8 Å².